The van der Waals surface area contributed by atoms with Crippen LogP contribution in [-0.2, 0) is 5.60 Å². The lowest BCUT2D eigenvalue weighted by Gasteiger charge is -2.26. The molecule has 0 aromatic heterocycles. The van der Waals surface area contributed by atoms with E-state index in [4.69, 9.17) is 0 Å². The number of hydrogen-bond acceptors (Lipinski definition) is 1. The van der Waals surface area contributed by atoms with Gasteiger partial charge in [0.25, 0.3) is 0 Å². The van der Waals surface area contributed by atoms with Gasteiger partial charge in [0.2, 0.25) is 0 Å². The molecule has 0 heterocycles. The number of benzene rings is 2. The van der Waals surface area contributed by atoms with Crippen LogP contribution >= 0.6 is 15.9 Å². The zero-order valence-corrected chi connectivity index (χ0v) is 11.8. The fourth-order valence-electron chi connectivity index (χ4n) is 2.10. The van der Waals surface area contributed by atoms with Crippen molar-refractivity contribution in [2.45, 2.75) is 19.4 Å². The maximum Gasteiger partial charge on any atom is 0.123 e. The van der Waals surface area contributed by atoms with Crippen LogP contribution in [0, 0.1) is 12.7 Å². The second-order valence-corrected chi connectivity index (χ2v) is 5.45. The summed E-state index contributed by atoms with van der Waals surface area (Å²) in [6, 6.07) is 11.9. The average molecular weight is 309 g/mol. The van der Waals surface area contributed by atoms with Crippen LogP contribution < -0.4 is 0 Å². The van der Waals surface area contributed by atoms with Gasteiger partial charge < -0.3 is 5.11 Å². The van der Waals surface area contributed by atoms with Crippen molar-refractivity contribution in [2.24, 2.45) is 0 Å². The molecule has 1 N–H and O–H groups in total. The molecule has 1 atom stereocenters. The Kier molecular flexibility index (Phi) is 3.55. The fourth-order valence-corrected chi connectivity index (χ4v) is 2.37. The number of hydrogen-bond donors (Lipinski definition) is 1. The van der Waals surface area contributed by atoms with Crippen molar-refractivity contribution in [1.82, 2.24) is 0 Å². The van der Waals surface area contributed by atoms with Gasteiger partial charge in [0, 0.05) is 4.47 Å². The minimum Gasteiger partial charge on any atom is -0.381 e. The van der Waals surface area contributed by atoms with E-state index in [1.165, 1.54) is 12.1 Å². The first-order valence-corrected chi connectivity index (χ1v) is 6.45. The molecule has 94 valence electrons. The third-order valence-corrected chi connectivity index (χ3v) is 3.65. The molecule has 2 aromatic carbocycles. The quantitative estimate of drug-likeness (QED) is 0.883. The topological polar surface area (TPSA) is 20.2 Å². The van der Waals surface area contributed by atoms with Crippen molar-refractivity contribution >= 4 is 15.9 Å². The highest BCUT2D eigenvalue weighted by molar-refractivity contribution is 9.10. The van der Waals surface area contributed by atoms with Gasteiger partial charge in [-0.05, 0) is 54.8 Å². The molecule has 3 heteroatoms. The summed E-state index contributed by atoms with van der Waals surface area (Å²) in [5.41, 5.74) is 1.10. The Morgan fingerprint density at radius 1 is 1.11 bits per heavy atom. The number of rotatable bonds is 2. The van der Waals surface area contributed by atoms with E-state index in [0.717, 1.165) is 15.6 Å². The van der Waals surface area contributed by atoms with Crippen molar-refractivity contribution < 1.29 is 9.50 Å². The summed E-state index contributed by atoms with van der Waals surface area (Å²) in [5, 5.41) is 10.7. The molecule has 1 nitrogen and oxygen atoms in total. The summed E-state index contributed by atoms with van der Waals surface area (Å²) in [6.45, 7) is 3.52. The van der Waals surface area contributed by atoms with Crippen LogP contribution in [0.1, 0.15) is 23.6 Å². The van der Waals surface area contributed by atoms with Gasteiger partial charge >= 0.3 is 0 Å². The van der Waals surface area contributed by atoms with Crippen molar-refractivity contribution in [3.05, 3.63) is 69.4 Å². The summed E-state index contributed by atoms with van der Waals surface area (Å²) in [5.74, 6) is -0.289. The Morgan fingerprint density at radius 3 is 2.28 bits per heavy atom. The van der Waals surface area contributed by atoms with Crippen LogP contribution in [0.4, 0.5) is 4.39 Å². The third kappa shape index (κ3) is 2.47. The van der Waals surface area contributed by atoms with Gasteiger partial charge in [0.15, 0.2) is 0 Å². The Balaban J connectivity index is 2.50. The Morgan fingerprint density at radius 2 is 1.72 bits per heavy atom. The van der Waals surface area contributed by atoms with Crippen LogP contribution in [0.2, 0.25) is 0 Å². The minimum atomic E-state index is -1.13. The average Bonchev–Trinajstić information content (AvgIpc) is 2.29. The molecule has 0 aliphatic carbocycles. The number of aryl methyl sites for hydroxylation is 1. The molecule has 0 aliphatic heterocycles. The molecule has 2 rings (SSSR count). The smallest absolute Gasteiger partial charge is 0.123 e. The largest absolute Gasteiger partial charge is 0.381 e. The van der Waals surface area contributed by atoms with Gasteiger partial charge in [0.05, 0.1) is 0 Å². The minimum absolute atomic E-state index is 0.289. The van der Waals surface area contributed by atoms with E-state index >= 15 is 0 Å². The van der Waals surface area contributed by atoms with E-state index in [1.54, 1.807) is 19.9 Å². The maximum absolute atomic E-state index is 13.1. The zero-order chi connectivity index (χ0) is 13.3. The predicted octanol–water partition coefficient (Wildman–Crippen LogP) is 4.15. The van der Waals surface area contributed by atoms with Crippen LogP contribution in [0.5, 0.6) is 0 Å². The number of aliphatic hydroxyl groups is 1. The van der Waals surface area contributed by atoms with Crippen molar-refractivity contribution in [2.75, 3.05) is 0 Å². The molecule has 0 amide bonds. The molecule has 0 saturated carbocycles. The molecule has 18 heavy (non-hydrogen) atoms. The lowest BCUT2D eigenvalue weighted by molar-refractivity contribution is 0.101. The Bertz CT molecular complexity index is 561. The van der Waals surface area contributed by atoms with Crippen LogP contribution in [0.3, 0.4) is 0 Å². The van der Waals surface area contributed by atoms with Crippen LogP contribution in [-0.4, -0.2) is 5.11 Å². The van der Waals surface area contributed by atoms with E-state index in [9.17, 15) is 9.50 Å². The highest BCUT2D eigenvalue weighted by atomic mass is 79.9. The van der Waals surface area contributed by atoms with E-state index in [-0.39, 0.29) is 5.82 Å². The summed E-state index contributed by atoms with van der Waals surface area (Å²) < 4.78 is 14.1. The monoisotopic (exact) mass is 308 g/mol. The zero-order valence-electron chi connectivity index (χ0n) is 10.2. The maximum atomic E-state index is 13.1. The summed E-state index contributed by atoms with van der Waals surface area (Å²) in [4.78, 5) is 0. The molecule has 0 saturated heterocycles. The van der Waals surface area contributed by atoms with Gasteiger partial charge in [-0.2, -0.15) is 0 Å². The van der Waals surface area contributed by atoms with E-state index < -0.39 is 5.60 Å². The van der Waals surface area contributed by atoms with Crippen LogP contribution in [0.15, 0.2) is 46.9 Å². The predicted molar refractivity (Wildman–Crippen MR) is 74.0 cm³/mol. The van der Waals surface area contributed by atoms with Gasteiger partial charge in [-0.15, -0.1) is 0 Å². The van der Waals surface area contributed by atoms with E-state index in [1.807, 2.05) is 24.3 Å². The first-order valence-electron chi connectivity index (χ1n) is 5.66. The summed E-state index contributed by atoms with van der Waals surface area (Å²) >= 11 is 3.36. The SMILES string of the molecule is Cc1cc(F)ccc1C(C)(O)c1ccc(Br)cc1. The highest BCUT2D eigenvalue weighted by Gasteiger charge is 2.27. The number of halogens is 2. The van der Waals surface area contributed by atoms with E-state index in [0.29, 0.717) is 5.56 Å². The molecule has 1 unspecified atom stereocenters. The second kappa shape index (κ2) is 4.82. The van der Waals surface area contributed by atoms with Gasteiger partial charge in [-0.25, -0.2) is 4.39 Å². The second-order valence-electron chi connectivity index (χ2n) is 4.54. The third-order valence-electron chi connectivity index (χ3n) is 3.12. The molecule has 0 radical (unpaired) electrons. The molecular formula is C15H14BrFO. The normalized spacial score (nSPS) is 14.3. The standard InChI is InChI=1S/C15H14BrFO/c1-10-9-13(17)7-8-14(10)15(2,18)11-3-5-12(16)6-4-11/h3-9,18H,1-2H3. The van der Waals surface area contributed by atoms with Crippen molar-refractivity contribution in [3.63, 3.8) is 0 Å². The van der Waals surface area contributed by atoms with Gasteiger partial charge in [-0.3, -0.25) is 0 Å². The summed E-state index contributed by atoms with van der Waals surface area (Å²) in [6.07, 6.45) is 0. The summed E-state index contributed by atoms with van der Waals surface area (Å²) in [7, 11) is 0. The first kappa shape index (κ1) is 13.2. The Hall–Kier alpha value is -1.19. The fraction of sp³-hybridized carbons (Fsp3) is 0.200. The molecule has 2 aromatic rings. The molecule has 0 aliphatic rings. The van der Waals surface area contributed by atoms with Gasteiger partial charge in [-0.1, -0.05) is 34.1 Å². The Labute approximate surface area is 114 Å². The molecule has 0 bridgehead atoms. The highest BCUT2D eigenvalue weighted by Crippen LogP contribution is 2.32. The lowest BCUT2D eigenvalue weighted by atomic mass is 9.86. The molecule has 0 spiro atoms. The van der Waals surface area contributed by atoms with Crippen LogP contribution in [0.25, 0.3) is 0 Å². The molecular weight excluding hydrogens is 295 g/mol. The lowest BCUT2D eigenvalue weighted by Crippen LogP contribution is -2.24. The van der Waals surface area contributed by atoms with Crippen molar-refractivity contribution in [1.29, 1.82) is 0 Å². The van der Waals surface area contributed by atoms with Crippen molar-refractivity contribution in [3.8, 4) is 0 Å². The van der Waals surface area contributed by atoms with E-state index in [2.05, 4.69) is 15.9 Å². The van der Waals surface area contributed by atoms with Gasteiger partial charge in [0.1, 0.15) is 11.4 Å². The first-order chi connectivity index (χ1) is 8.41. The molecule has 0 fully saturated rings.